The van der Waals surface area contributed by atoms with Crippen LogP contribution >= 0.6 is 0 Å². The Kier molecular flexibility index (Phi) is 8.17. The molecule has 7 nitrogen and oxygen atoms in total. The predicted molar refractivity (Wildman–Crippen MR) is 108 cm³/mol. The molecule has 1 unspecified atom stereocenters. The highest BCUT2D eigenvalue weighted by molar-refractivity contribution is 6.05. The number of carbonyl (C=O) groups excluding carboxylic acids is 4. The van der Waals surface area contributed by atoms with E-state index in [-0.39, 0.29) is 24.3 Å². The van der Waals surface area contributed by atoms with Crippen LogP contribution in [0.25, 0.3) is 0 Å². The Morgan fingerprint density at radius 2 is 1.93 bits per heavy atom. The SMILES string of the molecule is CNC(=O)C(CCC=O)N(C)C(=O)c1cccc(NC2CCCCC2)c1C=O. The highest BCUT2D eigenvalue weighted by Crippen LogP contribution is 2.26. The molecule has 2 N–H and O–H groups in total. The first-order chi connectivity index (χ1) is 13.5. The number of hydrogen-bond donors (Lipinski definition) is 2. The van der Waals surface area contributed by atoms with E-state index in [0.717, 1.165) is 32.0 Å². The van der Waals surface area contributed by atoms with Crippen LogP contribution in [-0.4, -0.2) is 55.5 Å². The van der Waals surface area contributed by atoms with E-state index in [2.05, 4.69) is 10.6 Å². The van der Waals surface area contributed by atoms with E-state index in [4.69, 9.17) is 0 Å². The van der Waals surface area contributed by atoms with E-state index < -0.39 is 11.9 Å². The molecule has 152 valence electrons. The van der Waals surface area contributed by atoms with Crippen molar-refractivity contribution < 1.29 is 19.2 Å². The van der Waals surface area contributed by atoms with Crippen molar-refractivity contribution in [1.82, 2.24) is 10.2 Å². The average molecular weight is 387 g/mol. The first-order valence-corrected chi connectivity index (χ1v) is 9.80. The molecule has 0 radical (unpaired) electrons. The van der Waals surface area contributed by atoms with Crippen molar-refractivity contribution in [3.63, 3.8) is 0 Å². The molecule has 1 saturated carbocycles. The Balaban J connectivity index is 2.27. The third-order valence-corrected chi connectivity index (χ3v) is 5.31. The van der Waals surface area contributed by atoms with Gasteiger partial charge in [0.25, 0.3) is 5.91 Å². The lowest BCUT2D eigenvalue weighted by molar-refractivity contribution is -0.125. The number of benzene rings is 1. The molecule has 0 saturated heterocycles. The van der Waals surface area contributed by atoms with Gasteiger partial charge >= 0.3 is 0 Å². The summed E-state index contributed by atoms with van der Waals surface area (Å²) in [6.07, 6.45) is 7.42. The Morgan fingerprint density at radius 3 is 2.54 bits per heavy atom. The predicted octanol–water partition coefficient (Wildman–Crippen LogP) is 2.41. The maximum Gasteiger partial charge on any atom is 0.255 e. The van der Waals surface area contributed by atoms with Gasteiger partial charge in [-0.25, -0.2) is 0 Å². The summed E-state index contributed by atoms with van der Waals surface area (Å²) in [5, 5.41) is 5.93. The van der Waals surface area contributed by atoms with Crippen LogP contribution in [0.1, 0.15) is 65.7 Å². The number of hydrogen-bond acceptors (Lipinski definition) is 5. The topological polar surface area (TPSA) is 95.6 Å². The van der Waals surface area contributed by atoms with Crippen molar-refractivity contribution in [3.8, 4) is 0 Å². The first kappa shape index (κ1) is 21.6. The number of likely N-dealkylation sites (N-methyl/N-ethyl adjacent to an activating group) is 2. The largest absolute Gasteiger partial charge is 0.382 e. The van der Waals surface area contributed by atoms with Gasteiger partial charge in [0.15, 0.2) is 6.29 Å². The first-order valence-electron chi connectivity index (χ1n) is 9.80. The van der Waals surface area contributed by atoms with Gasteiger partial charge in [-0.15, -0.1) is 0 Å². The van der Waals surface area contributed by atoms with Gasteiger partial charge in [-0.05, 0) is 31.4 Å². The maximum atomic E-state index is 13.1. The van der Waals surface area contributed by atoms with Gasteiger partial charge in [0.05, 0.1) is 11.1 Å². The summed E-state index contributed by atoms with van der Waals surface area (Å²) < 4.78 is 0. The Hall–Kier alpha value is -2.70. The summed E-state index contributed by atoms with van der Waals surface area (Å²) in [5.74, 6) is -0.768. The van der Waals surface area contributed by atoms with Gasteiger partial charge in [0, 0.05) is 32.2 Å². The van der Waals surface area contributed by atoms with Gasteiger partial charge in [0.2, 0.25) is 5.91 Å². The molecule has 0 spiro atoms. The molecule has 1 fully saturated rings. The Labute approximate surface area is 165 Å². The molecule has 2 rings (SSSR count). The maximum absolute atomic E-state index is 13.1. The molecule has 0 bridgehead atoms. The molecular formula is C21H29N3O4. The second-order valence-electron chi connectivity index (χ2n) is 7.15. The fourth-order valence-corrected chi connectivity index (χ4v) is 3.70. The smallest absolute Gasteiger partial charge is 0.255 e. The number of anilines is 1. The molecule has 1 aromatic carbocycles. The highest BCUT2D eigenvalue weighted by atomic mass is 16.2. The van der Waals surface area contributed by atoms with Crippen LogP contribution in [0, 0.1) is 0 Å². The molecule has 28 heavy (non-hydrogen) atoms. The standard InChI is InChI=1S/C21H29N3O4/c1-22-20(27)19(12-7-13-25)24(2)21(28)16-10-6-11-18(17(16)14-26)23-15-8-4-3-5-9-15/h6,10-11,13-15,19,23H,3-5,7-9,12H2,1-2H3,(H,22,27). The molecule has 1 aliphatic rings. The van der Waals surface area contributed by atoms with Crippen molar-refractivity contribution in [2.75, 3.05) is 19.4 Å². The molecule has 7 heteroatoms. The lowest BCUT2D eigenvalue weighted by atomic mass is 9.94. The molecule has 0 aliphatic heterocycles. The van der Waals surface area contributed by atoms with Gasteiger partial charge in [-0.3, -0.25) is 14.4 Å². The monoisotopic (exact) mass is 387 g/mol. The lowest BCUT2D eigenvalue weighted by Gasteiger charge is -2.28. The number of amides is 2. The fraction of sp³-hybridized carbons (Fsp3) is 0.524. The second-order valence-corrected chi connectivity index (χ2v) is 7.15. The summed E-state index contributed by atoms with van der Waals surface area (Å²) in [6.45, 7) is 0. The summed E-state index contributed by atoms with van der Waals surface area (Å²) in [7, 11) is 3.00. The Bertz CT molecular complexity index is 714. The van der Waals surface area contributed by atoms with Crippen LogP contribution in [0.3, 0.4) is 0 Å². The van der Waals surface area contributed by atoms with Crippen molar-refractivity contribution in [3.05, 3.63) is 29.3 Å². The molecular weight excluding hydrogens is 358 g/mol. The molecule has 2 amide bonds. The minimum absolute atomic E-state index is 0.166. The fourth-order valence-electron chi connectivity index (χ4n) is 3.70. The van der Waals surface area contributed by atoms with Crippen molar-refractivity contribution >= 4 is 30.1 Å². The van der Waals surface area contributed by atoms with Crippen LogP contribution in [-0.2, 0) is 9.59 Å². The zero-order chi connectivity index (χ0) is 20.5. The van der Waals surface area contributed by atoms with Gasteiger partial charge in [-0.2, -0.15) is 0 Å². The third-order valence-electron chi connectivity index (χ3n) is 5.31. The van der Waals surface area contributed by atoms with Crippen molar-refractivity contribution in [2.24, 2.45) is 0 Å². The van der Waals surface area contributed by atoms with Crippen LogP contribution in [0.4, 0.5) is 5.69 Å². The summed E-state index contributed by atoms with van der Waals surface area (Å²) >= 11 is 0. The van der Waals surface area contributed by atoms with E-state index in [1.54, 1.807) is 18.2 Å². The van der Waals surface area contributed by atoms with Crippen LogP contribution < -0.4 is 10.6 Å². The minimum Gasteiger partial charge on any atom is -0.382 e. The zero-order valence-corrected chi connectivity index (χ0v) is 16.6. The van der Waals surface area contributed by atoms with Gasteiger partial charge in [0.1, 0.15) is 12.3 Å². The van der Waals surface area contributed by atoms with Crippen molar-refractivity contribution in [1.29, 1.82) is 0 Å². The molecule has 0 aromatic heterocycles. The lowest BCUT2D eigenvalue weighted by Crippen LogP contribution is -2.47. The number of aldehydes is 2. The van der Waals surface area contributed by atoms with Crippen LogP contribution in [0.5, 0.6) is 0 Å². The third kappa shape index (κ3) is 5.18. The molecule has 0 heterocycles. The number of rotatable bonds is 9. The van der Waals surface area contributed by atoms with E-state index >= 15 is 0 Å². The quantitative estimate of drug-likeness (QED) is 0.635. The zero-order valence-electron chi connectivity index (χ0n) is 16.6. The van der Waals surface area contributed by atoms with E-state index in [9.17, 15) is 19.2 Å². The highest BCUT2D eigenvalue weighted by Gasteiger charge is 2.28. The second kappa shape index (κ2) is 10.6. The van der Waals surface area contributed by atoms with Crippen LogP contribution in [0.2, 0.25) is 0 Å². The van der Waals surface area contributed by atoms with Gasteiger partial charge < -0.3 is 20.3 Å². The Morgan fingerprint density at radius 1 is 1.21 bits per heavy atom. The van der Waals surface area contributed by atoms with E-state index in [0.29, 0.717) is 23.6 Å². The number of carbonyl (C=O) groups is 4. The van der Waals surface area contributed by atoms with Crippen LogP contribution in [0.15, 0.2) is 18.2 Å². The molecule has 1 aromatic rings. The average Bonchev–Trinajstić information content (AvgIpc) is 2.73. The van der Waals surface area contributed by atoms with E-state index in [1.807, 2.05) is 0 Å². The molecule has 1 atom stereocenters. The summed E-state index contributed by atoms with van der Waals surface area (Å²) in [4.78, 5) is 49.1. The minimum atomic E-state index is -0.780. The van der Waals surface area contributed by atoms with Gasteiger partial charge in [-0.1, -0.05) is 25.3 Å². The summed E-state index contributed by atoms with van der Waals surface area (Å²) in [5.41, 5.74) is 1.19. The molecule has 1 aliphatic carbocycles. The normalized spacial score (nSPS) is 15.4. The van der Waals surface area contributed by atoms with Crippen molar-refractivity contribution in [2.45, 2.75) is 57.0 Å². The summed E-state index contributed by atoms with van der Waals surface area (Å²) in [6, 6.07) is 4.64. The van der Waals surface area contributed by atoms with E-state index in [1.165, 1.54) is 25.4 Å². The number of nitrogens with zero attached hydrogens (tertiary/aromatic N) is 1. The number of nitrogens with one attached hydrogen (secondary N) is 2.